The van der Waals surface area contributed by atoms with Crippen LogP contribution >= 0.6 is 11.8 Å². The topological polar surface area (TPSA) is 38.0 Å². The molecule has 1 heterocycles. The molecule has 0 saturated carbocycles. The van der Waals surface area contributed by atoms with E-state index in [0.717, 1.165) is 24.3 Å². The highest BCUT2D eigenvalue weighted by molar-refractivity contribution is 7.98. The lowest BCUT2D eigenvalue weighted by molar-refractivity contribution is 0.204. The minimum atomic E-state index is -0.374. The second kappa shape index (κ2) is 5.29. The van der Waals surface area contributed by atoms with Crippen molar-refractivity contribution in [3.8, 4) is 0 Å². The van der Waals surface area contributed by atoms with Gasteiger partial charge in [0.1, 0.15) is 0 Å². The fraction of sp³-hybridized carbons (Fsp3) is 0.667. The van der Waals surface area contributed by atoms with Crippen molar-refractivity contribution in [3.05, 3.63) is 18.0 Å². The number of nitrogens with zero attached hydrogens (tertiary/aromatic N) is 2. The summed E-state index contributed by atoms with van der Waals surface area (Å²) < 4.78 is 1.87. The monoisotopic (exact) mass is 200 g/mol. The summed E-state index contributed by atoms with van der Waals surface area (Å²) in [7, 11) is 0. The van der Waals surface area contributed by atoms with E-state index in [4.69, 9.17) is 0 Å². The molecule has 1 aromatic rings. The first-order valence-electron chi connectivity index (χ1n) is 4.47. The number of hydrogen-bond acceptors (Lipinski definition) is 3. The highest BCUT2D eigenvalue weighted by Crippen LogP contribution is 2.15. The predicted molar refractivity (Wildman–Crippen MR) is 55.9 cm³/mol. The van der Waals surface area contributed by atoms with Crippen LogP contribution in [0.1, 0.15) is 25.0 Å². The zero-order chi connectivity index (χ0) is 9.68. The first-order chi connectivity index (χ1) is 6.27. The number of rotatable bonds is 5. The molecule has 0 aliphatic heterocycles. The van der Waals surface area contributed by atoms with Gasteiger partial charge in [-0.2, -0.15) is 16.9 Å². The number of aryl methyl sites for hydroxylation is 1. The molecule has 1 atom stereocenters. The first-order valence-corrected chi connectivity index (χ1v) is 5.86. The standard InChI is InChI=1S/C9H16N2OS/c1-3-4-11-6-8(5-10-11)9(12)7-13-2/h5-6,9,12H,3-4,7H2,1-2H3. The third-order valence-electron chi connectivity index (χ3n) is 1.82. The molecule has 4 heteroatoms. The zero-order valence-corrected chi connectivity index (χ0v) is 8.92. The molecule has 1 rings (SSSR count). The normalized spacial score (nSPS) is 13.2. The van der Waals surface area contributed by atoms with Crippen molar-refractivity contribution in [1.29, 1.82) is 0 Å². The van der Waals surface area contributed by atoms with E-state index in [0.29, 0.717) is 0 Å². The van der Waals surface area contributed by atoms with E-state index in [1.165, 1.54) is 0 Å². The molecule has 13 heavy (non-hydrogen) atoms. The molecule has 1 aromatic heterocycles. The molecule has 0 spiro atoms. The second-order valence-corrected chi connectivity index (χ2v) is 3.92. The van der Waals surface area contributed by atoms with Gasteiger partial charge in [-0.1, -0.05) is 6.92 Å². The fourth-order valence-corrected chi connectivity index (χ4v) is 1.67. The summed E-state index contributed by atoms with van der Waals surface area (Å²) >= 11 is 1.64. The van der Waals surface area contributed by atoms with Gasteiger partial charge >= 0.3 is 0 Å². The quantitative estimate of drug-likeness (QED) is 0.786. The summed E-state index contributed by atoms with van der Waals surface area (Å²) in [5.41, 5.74) is 0.919. The van der Waals surface area contributed by atoms with Gasteiger partial charge < -0.3 is 5.11 Å². The maximum atomic E-state index is 9.63. The summed E-state index contributed by atoms with van der Waals surface area (Å²) in [6.45, 7) is 3.03. The Morgan fingerprint density at radius 1 is 1.69 bits per heavy atom. The average Bonchev–Trinajstić information content (AvgIpc) is 2.54. The summed E-state index contributed by atoms with van der Waals surface area (Å²) in [6.07, 6.45) is 6.35. The number of thioether (sulfide) groups is 1. The Bertz CT molecular complexity index is 250. The van der Waals surface area contributed by atoms with Crippen molar-refractivity contribution in [2.45, 2.75) is 26.0 Å². The minimum Gasteiger partial charge on any atom is -0.387 e. The summed E-state index contributed by atoms with van der Waals surface area (Å²) in [5, 5.41) is 13.8. The number of hydrogen-bond donors (Lipinski definition) is 1. The van der Waals surface area contributed by atoms with E-state index in [1.807, 2.05) is 17.1 Å². The maximum absolute atomic E-state index is 9.63. The van der Waals surface area contributed by atoms with E-state index in [2.05, 4.69) is 12.0 Å². The first kappa shape index (κ1) is 10.6. The molecule has 0 radical (unpaired) electrons. The molecule has 0 amide bonds. The van der Waals surface area contributed by atoms with Crippen molar-refractivity contribution in [3.63, 3.8) is 0 Å². The molecule has 1 N–H and O–H groups in total. The van der Waals surface area contributed by atoms with Gasteiger partial charge in [-0.25, -0.2) is 0 Å². The lowest BCUT2D eigenvalue weighted by atomic mass is 10.2. The van der Waals surface area contributed by atoms with E-state index >= 15 is 0 Å². The van der Waals surface area contributed by atoms with Crippen LogP contribution in [0.5, 0.6) is 0 Å². The summed E-state index contributed by atoms with van der Waals surface area (Å²) in [6, 6.07) is 0. The molecule has 74 valence electrons. The molecule has 3 nitrogen and oxygen atoms in total. The van der Waals surface area contributed by atoms with Crippen LogP contribution in [0, 0.1) is 0 Å². The Labute approximate surface area is 83.1 Å². The van der Waals surface area contributed by atoms with Crippen LogP contribution in [0.4, 0.5) is 0 Å². The minimum absolute atomic E-state index is 0.374. The zero-order valence-electron chi connectivity index (χ0n) is 8.10. The number of aliphatic hydroxyl groups is 1. The van der Waals surface area contributed by atoms with Gasteiger partial charge in [0.2, 0.25) is 0 Å². The molecule has 1 unspecified atom stereocenters. The molecule has 0 saturated heterocycles. The number of aromatic nitrogens is 2. The van der Waals surface area contributed by atoms with Crippen molar-refractivity contribution in [2.24, 2.45) is 0 Å². The van der Waals surface area contributed by atoms with Gasteiger partial charge in [-0.05, 0) is 12.7 Å². The molecule has 0 fully saturated rings. The largest absolute Gasteiger partial charge is 0.387 e. The van der Waals surface area contributed by atoms with Crippen LogP contribution < -0.4 is 0 Å². The Kier molecular flexibility index (Phi) is 4.32. The summed E-state index contributed by atoms with van der Waals surface area (Å²) in [5.74, 6) is 0.734. The van der Waals surface area contributed by atoms with Crippen LogP contribution in [0.15, 0.2) is 12.4 Å². The van der Waals surface area contributed by atoms with Crippen molar-refractivity contribution >= 4 is 11.8 Å². The fourth-order valence-electron chi connectivity index (χ4n) is 1.16. The van der Waals surface area contributed by atoms with Gasteiger partial charge in [-0.15, -0.1) is 0 Å². The average molecular weight is 200 g/mol. The van der Waals surface area contributed by atoms with Crippen molar-refractivity contribution in [1.82, 2.24) is 9.78 Å². The van der Waals surface area contributed by atoms with Gasteiger partial charge in [-0.3, -0.25) is 4.68 Å². The van der Waals surface area contributed by atoms with Crippen LogP contribution in [-0.2, 0) is 6.54 Å². The van der Waals surface area contributed by atoms with Crippen molar-refractivity contribution < 1.29 is 5.11 Å². The lowest BCUT2D eigenvalue weighted by Gasteiger charge is -2.04. The third-order valence-corrected chi connectivity index (χ3v) is 2.46. The van der Waals surface area contributed by atoms with E-state index in [9.17, 15) is 5.11 Å². The van der Waals surface area contributed by atoms with Crippen LogP contribution in [0.25, 0.3) is 0 Å². The Morgan fingerprint density at radius 2 is 2.46 bits per heavy atom. The maximum Gasteiger partial charge on any atom is 0.0910 e. The number of aliphatic hydroxyl groups excluding tert-OH is 1. The van der Waals surface area contributed by atoms with Crippen molar-refractivity contribution in [2.75, 3.05) is 12.0 Å². The predicted octanol–water partition coefficient (Wildman–Crippen LogP) is 1.69. The third kappa shape index (κ3) is 3.04. The van der Waals surface area contributed by atoms with Crippen LogP contribution in [-0.4, -0.2) is 26.9 Å². The molecular weight excluding hydrogens is 184 g/mol. The van der Waals surface area contributed by atoms with Gasteiger partial charge in [0.15, 0.2) is 0 Å². The van der Waals surface area contributed by atoms with Gasteiger partial charge in [0.25, 0.3) is 0 Å². The summed E-state index contributed by atoms with van der Waals surface area (Å²) in [4.78, 5) is 0. The SMILES string of the molecule is CCCn1cc(C(O)CSC)cn1. The smallest absolute Gasteiger partial charge is 0.0910 e. The van der Waals surface area contributed by atoms with E-state index < -0.39 is 0 Å². The molecular formula is C9H16N2OS. The van der Waals surface area contributed by atoms with E-state index in [1.54, 1.807) is 18.0 Å². The Morgan fingerprint density at radius 3 is 3.08 bits per heavy atom. The van der Waals surface area contributed by atoms with Gasteiger partial charge in [0, 0.05) is 24.1 Å². The highest BCUT2D eigenvalue weighted by Gasteiger charge is 2.08. The molecule has 0 aliphatic rings. The highest BCUT2D eigenvalue weighted by atomic mass is 32.2. The van der Waals surface area contributed by atoms with E-state index in [-0.39, 0.29) is 6.10 Å². The molecule has 0 aliphatic carbocycles. The second-order valence-electron chi connectivity index (χ2n) is 3.01. The lowest BCUT2D eigenvalue weighted by Crippen LogP contribution is -1.99. The Balaban J connectivity index is 2.56. The van der Waals surface area contributed by atoms with Crippen LogP contribution in [0.2, 0.25) is 0 Å². The Hall–Kier alpha value is -0.480. The van der Waals surface area contributed by atoms with Gasteiger partial charge in [0.05, 0.1) is 12.3 Å². The molecule has 0 aromatic carbocycles. The van der Waals surface area contributed by atoms with Crippen LogP contribution in [0.3, 0.4) is 0 Å². The molecule has 0 bridgehead atoms.